The van der Waals surface area contributed by atoms with Crippen molar-refractivity contribution in [2.45, 2.75) is 18.2 Å². The number of aromatic nitrogens is 1. The largest absolute Gasteiger partial charge is 0.351 e. The zero-order valence-electron chi connectivity index (χ0n) is 11.8. The fraction of sp³-hybridized carbons (Fsp3) is 0.250. The van der Waals surface area contributed by atoms with E-state index in [4.69, 9.17) is 0 Å². The van der Waals surface area contributed by atoms with Crippen molar-refractivity contribution in [1.82, 2.24) is 10.3 Å². The van der Waals surface area contributed by atoms with Crippen LogP contribution < -0.4 is 5.32 Å². The highest BCUT2D eigenvalue weighted by Crippen LogP contribution is 2.18. The Morgan fingerprint density at radius 3 is 2.71 bits per heavy atom. The summed E-state index contributed by atoms with van der Waals surface area (Å²) in [6.07, 6.45) is 0.847. The maximum atomic E-state index is 12.7. The summed E-state index contributed by atoms with van der Waals surface area (Å²) >= 11 is 1.65. The smallest absolute Gasteiger partial charge is 0.269 e. The molecule has 1 N–H and O–H groups in total. The molecule has 1 amide bonds. The number of thioether (sulfide) groups is 1. The fourth-order valence-corrected chi connectivity index (χ4v) is 2.61. The molecule has 0 spiro atoms. The van der Waals surface area contributed by atoms with E-state index in [9.17, 15) is 9.18 Å². The summed E-state index contributed by atoms with van der Waals surface area (Å²) < 4.78 is 12.7. The lowest BCUT2D eigenvalue weighted by Gasteiger charge is -2.05. The molecular weight excluding hydrogens is 287 g/mol. The van der Waals surface area contributed by atoms with Crippen molar-refractivity contribution >= 4 is 17.7 Å². The molecule has 0 saturated carbocycles. The molecule has 0 radical (unpaired) electrons. The minimum absolute atomic E-state index is 0.148. The van der Waals surface area contributed by atoms with E-state index in [1.807, 2.05) is 19.1 Å². The van der Waals surface area contributed by atoms with E-state index in [1.165, 1.54) is 12.1 Å². The summed E-state index contributed by atoms with van der Waals surface area (Å²) in [5.74, 6) is 0.496. The summed E-state index contributed by atoms with van der Waals surface area (Å²) in [5.41, 5.74) is 1.27. The number of hydrogen-bond donors (Lipinski definition) is 1. The van der Waals surface area contributed by atoms with Crippen LogP contribution in [0.25, 0.3) is 0 Å². The van der Waals surface area contributed by atoms with E-state index in [1.54, 1.807) is 30.0 Å². The quantitative estimate of drug-likeness (QED) is 0.656. The van der Waals surface area contributed by atoms with E-state index < -0.39 is 0 Å². The van der Waals surface area contributed by atoms with Gasteiger partial charge in [0, 0.05) is 17.1 Å². The van der Waals surface area contributed by atoms with Crippen molar-refractivity contribution in [3.63, 3.8) is 0 Å². The first-order valence-electron chi connectivity index (χ1n) is 6.75. The zero-order valence-corrected chi connectivity index (χ0v) is 12.6. The maximum Gasteiger partial charge on any atom is 0.269 e. The Kier molecular flexibility index (Phi) is 5.75. The van der Waals surface area contributed by atoms with Gasteiger partial charge in [-0.2, -0.15) is 0 Å². The van der Waals surface area contributed by atoms with Gasteiger partial charge in [-0.3, -0.25) is 4.79 Å². The van der Waals surface area contributed by atoms with Gasteiger partial charge in [0.05, 0.1) is 0 Å². The lowest BCUT2D eigenvalue weighted by Crippen LogP contribution is -2.25. The van der Waals surface area contributed by atoms with Gasteiger partial charge in [0.15, 0.2) is 0 Å². The number of carbonyl (C=O) groups is 1. The number of benzene rings is 1. The van der Waals surface area contributed by atoms with Gasteiger partial charge in [0.1, 0.15) is 11.5 Å². The minimum Gasteiger partial charge on any atom is -0.351 e. The number of nitrogens with zero attached hydrogens (tertiary/aromatic N) is 1. The normalized spacial score (nSPS) is 10.4. The fourth-order valence-electron chi connectivity index (χ4n) is 1.75. The van der Waals surface area contributed by atoms with Crippen LogP contribution in [0.4, 0.5) is 4.39 Å². The van der Waals surface area contributed by atoms with Gasteiger partial charge in [-0.05, 0) is 55.5 Å². The van der Waals surface area contributed by atoms with Crippen LogP contribution in [0.2, 0.25) is 0 Å². The van der Waals surface area contributed by atoms with Crippen LogP contribution in [0.15, 0.2) is 47.4 Å². The molecule has 3 nitrogen and oxygen atoms in total. The first-order chi connectivity index (χ1) is 10.1. The van der Waals surface area contributed by atoms with Crippen molar-refractivity contribution in [3.05, 3.63) is 59.7 Å². The highest BCUT2D eigenvalue weighted by molar-refractivity contribution is 7.99. The number of rotatable bonds is 6. The minimum atomic E-state index is -0.225. The third-order valence-corrected chi connectivity index (χ3v) is 3.91. The summed E-state index contributed by atoms with van der Waals surface area (Å²) in [5, 5.41) is 2.85. The van der Waals surface area contributed by atoms with Gasteiger partial charge in [-0.25, -0.2) is 9.37 Å². The second-order valence-corrected chi connectivity index (χ2v) is 5.74. The molecular formula is C16H17FN2OS. The van der Waals surface area contributed by atoms with Gasteiger partial charge < -0.3 is 5.32 Å². The monoisotopic (exact) mass is 304 g/mol. The molecule has 0 aliphatic rings. The van der Waals surface area contributed by atoms with E-state index in [-0.39, 0.29) is 11.7 Å². The lowest BCUT2D eigenvalue weighted by atomic mass is 10.3. The molecule has 2 aromatic rings. The molecule has 0 aliphatic heterocycles. The Morgan fingerprint density at radius 1 is 1.24 bits per heavy atom. The molecule has 0 atom stereocenters. The third-order valence-electron chi connectivity index (χ3n) is 2.81. The number of aryl methyl sites for hydroxylation is 1. The highest BCUT2D eigenvalue weighted by Gasteiger charge is 2.05. The number of halogens is 1. The highest BCUT2D eigenvalue weighted by atomic mass is 32.2. The van der Waals surface area contributed by atoms with E-state index >= 15 is 0 Å². The van der Waals surface area contributed by atoms with E-state index in [2.05, 4.69) is 10.3 Å². The van der Waals surface area contributed by atoms with E-state index in [0.29, 0.717) is 12.2 Å². The second-order valence-electron chi connectivity index (χ2n) is 4.58. The average molecular weight is 304 g/mol. The van der Waals surface area contributed by atoms with Crippen LogP contribution in [0.3, 0.4) is 0 Å². The Hall–Kier alpha value is -1.88. The Bertz CT molecular complexity index is 601. The second kappa shape index (κ2) is 7.78. The average Bonchev–Trinajstić information content (AvgIpc) is 2.48. The molecule has 110 valence electrons. The molecule has 21 heavy (non-hydrogen) atoms. The number of carbonyl (C=O) groups excluding carboxylic acids is 1. The van der Waals surface area contributed by atoms with Crippen molar-refractivity contribution in [3.8, 4) is 0 Å². The van der Waals surface area contributed by atoms with Crippen LogP contribution in [0.5, 0.6) is 0 Å². The Labute approximate surface area is 128 Å². The van der Waals surface area contributed by atoms with Crippen molar-refractivity contribution in [2.75, 3.05) is 12.3 Å². The molecule has 0 bridgehead atoms. The predicted molar refractivity (Wildman–Crippen MR) is 83.0 cm³/mol. The van der Waals surface area contributed by atoms with E-state index in [0.717, 1.165) is 22.8 Å². The number of hydrogen-bond acceptors (Lipinski definition) is 3. The van der Waals surface area contributed by atoms with Gasteiger partial charge in [-0.15, -0.1) is 11.8 Å². The van der Waals surface area contributed by atoms with Gasteiger partial charge in [0.2, 0.25) is 0 Å². The van der Waals surface area contributed by atoms with Gasteiger partial charge in [-0.1, -0.05) is 6.07 Å². The first kappa shape index (κ1) is 15.5. The van der Waals surface area contributed by atoms with Crippen LogP contribution in [-0.2, 0) is 0 Å². The zero-order chi connectivity index (χ0) is 15.1. The van der Waals surface area contributed by atoms with Crippen LogP contribution in [0.1, 0.15) is 22.6 Å². The molecule has 1 aromatic carbocycles. The SMILES string of the molecule is Cc1cccc(C(=O)NCCCSc2ccc(F)cc2)n1. The van der Waals surface area contributed by atoms with Crippen molar-refractivity contribution in [1.29, 1.82) is 0 Å². The molecule has 0 unspecified atom stereocenters. The number of pyridine rings is 1. The van der Waals surface area contributed by atoms with Crippen molar-refractivity contribution in [2.24, 2.45) is 0 Å². The molecule has 0 fully saturated rings. The molecule has 0 aliphatic carbocycles. The molecule has 0 saturated heterocycles. The topological polar surface area (TPSA) is 42.0 Å². The maximum absolute atomic E-state index is 12.7. The van der Waals surface area contributed by atoms with Gasteiger partial charge in [0.25, 0.3) is 5.91 Å². The predicted octanol–water partition coefficient (Wildman–Crippen LogP) is 3.44. The molecule has 1 heterocycles. The first-order valence-corrected chi connectivity index (χ1v) is 7.74. The summed E-state index contributed by atoms with van der Waals surface area (Å²) in [6, 6.07) is 11.8. The van der Waals surface area contributed by atoms with Crippen LogP contribution in [0, 0.1) is 12.7 Å². The third kappa shape index (κ3) is 5.19. The van der Waals surface area contributed by atoms with Gasteiger partial charge >= 0.3 is 0 Å². The summed E-state index contributed by atoms with van der Waals surface area (Å²) in [4.78, 5) is 17.1. The number of amides is 1. The standard InChI is InChI=1S/C16H17FN2OS/c1-12-4-2-5-15(19-12)16(20)18-10-3-11-21-14-8-6-13(17)7-9-14/h2,4-9H,3,10-11H2,1H3,(H,18,20). The molecule has 1 aromatic heterocycles. The Balaban J connectivity index is 1.68. The van der Waals surface area contributed by atoms with Crippen LogP contribution in [-0.4, -0.2) is 23.2 Å². The Morgan fingerprint density at radius 2 is 2.00 bits per heavy atom. The molecule has 5 heteroatoms. The lowest BCUT2D eigenvalue weighted by molar-refractivity contribution is 0.0948. The van der Waals surface area contributed by atoms with Crippen LogP contribution >= 0.6 is 11.8 Å². The molecule has 2 rings (SSSR count). The summed E-state index contributed by atoms with van der Waals surface area (Å²) in [6.45, 7) is 2.46. The van der Waals surface area contributed by atoms with Crippen molar-refractivity contribution < 1.29 is 9.18 Å². The summed E-state index contributed by atoms with van der Waals surface area (Å²) in [7, 11) is 0. The number of nitrogens with one attached hydrogen (secondary N) is 1.